The van der Waals surface area contributed by atoms with Crippen LogP contribution in [0.1, 0.15) is 0 Å². The van der Waals surface area contributed by atoms with E-state index in [1.165, 1.54) is 0 Å². The van der Waals surface area contributed by atoms with Crippen LogP contribution in [0.25, 0.3) is 111 Å². The van der Waals surface area contributed by atoms with E-state index >= 15 is 0 Å². The number of furan rings is 1. The summed E-state index contributed by atoms with van der Waals surface area (Å²) < 4.78 is 11.9. The van der Waals surface area contributed by atoms with Gasteiger partial charge in [0.15, 0.2) is 5.82 Å². The van der Waals surface area contributed by atoms with Crippen LogP contribution in [0.3, 0.4) is 0 Å². The van der Waals surface area contributed by atoms with E-state index in [4.69, 9.17) is 14.4 Å². The molecule has 0 aliphatic carbocycles. The van der Waals surface area contributed by atoms with Crippen molar-refractivity contribution in [3.05, 3.63) is 194 Å². The van der Waals surface area contributed by atoms with Crippen molar-refractivity contribution in [3.63, 3.8) is 0 Å². The summed E-state index contributed by atoms with van der Waals surface area (Å²) in [7, 11) is 0. The molecule has 4 heterocycles. The van der Waals surface area contributed by atoms with E-state index in [9.17, 15) is 0 Å². The Morgan fingerprint density at radius 2 is 0.754 bits per heavy atom. The van der Waals surface area contributed by atoms with Gasteiger partial charge in [-0.15, -0.1) is 0 Å². The van der Waals surface area contributed by atoms with Gasteiger partial charge >= 0.3 is 0 Å². The van der Waals surface area contributed by atoms with Crippen LogP contribution < -0.4 is 0 Å². The molecule has 4 aromatic heterocycles. The molecule has 266 valence electrons. The third kappa shape index (κ3) is 4.69. The molecule has 12 aromatic rings. The quantitative estimate of drug-likeness (QED) is 0.177. The van der Waals surface area contributed by atoms with Gasteiger partial charge in [-0.25, -0.2) is 9.97 Å². The predicted molar refractivity (Wildman–Crippen MR) is 234 cm³/mol. The number of benzene rings is 8. The Balaban J connectivity index is 1.22. The summed E-state index contributed by atoms with van der Waals surface area (Å²) in [4.78, 5) is 10.8. The summed E-state index contributed by atoms with van der Waals surface area (Å²) in [6.45, 7) is 0. The number of nitrogens with zero attached hydrogens (tertiary/aromatic N) is 4. The van der Waals surface area contributed by atoms with Gasteiger partial charge in [-0.05, 0) is 48.5 Å². The average Bonchev–Trinajstić information content (AvgIpc) is 3.95. The highest BCUT2D eigenvalue weighted by Crippen LogP contribution is 2.46. The Morgan fingerprint density at radius 3 is 1.28 bits per heavy atom. The van der Waals surface area contributed by atoms with Crippen molar-refractivity contribution in [3.8, 4) is 45.3 Å². The van der Waals surface area contributed by atoms with Crippen LogP contribution >= 0.6 is 0 Å². The molecule has 0 saturated carbocycles. The van der Waals surface area contributed by atoms with Gasteiger partial charge in [0, 0.05) is 43.9 Å². The molecule has 5 nitrogen and oxygen atoms in total. The normalized spacial score (nSPS) is 11.9. The SMILES string of the molecule is c1ccc(-c2nc(-c3ccccc3)c(-n3c4ccccc4c4c5oc6c(ccc7c6c6ccccc6n7-c6ccccc6)c5ccc43)c(-c3ccccc3)n2)cc1. The van der Waals surface area contributed by atoms with Gasteiger partial charge in [0.25, 0.3) is 0 Å². The highest BCUT2D eigenvalue weighted by molar-refractivity contribution is 6.29. The van der Waals surface area contributed by atoms with Crippen molar-refractivity contribution in [1.29, 1.82) is 0 Å². The van der Waals surface area contributed by atoms with E-state index in [1.54, 1.807) is 0 Å². The fourth-order valence-corrected chi connectivity index (χ4v) is 8.87. The number of fused-ring (bicyclic) bond motifs is 11. The molecule has 0 unspecified atom stereocenters. The molecule has 5 heteroatoms. The zero-order valence-electron chi connectivity index (χ0n) is 30.7. The Hall–Kier alpha value is -7.76. The average molecular weight is 729 g/mol. The minimum atomic E-state index is 0.677. The van der Waals surface area contributed by atoms with Gasteiger partial charge < -0.3 is 13.6 Å². The highest BCUT2D eigenvalue weighted by atomic mass is 16.3. The van der Waals surface area contributed by atoms with Crippen LogP contribution in [0.4, 0.5) is 0 Å². The standard InChI is InChI=1S/C52H32N4O/c1-5-17-33(18-6-1)47-49(48(34-19-7-2-8-20-34)54-52(53-47)35-21-9-3-10-22-35)56-42-28-16-14-26-40(42)46-44(56)32-30-38-37-29-31-43-45(50(37)57-51(38)46)39-25-13-15-27-41(39)55(43)36-23-11-4-12-24-36/h1-32H. The maximum atomic E-state index is 7.24. The zero-order valence-corrected chi connectivity index (χ0v) is 30.7. The van der Waals surface area contributed by atoms with Gasteiger partial charge in [0.05, 0.1) is 49.9 Å². The lowest BCUT2D eigenvalue weighted by Gasteiger charge is -2.19. The zero-order chi connectivity index (χ0) is 37.5. The molecule has 0 aliphatic heterocycles. The molecule has 0 fully saturated rings. The van der Waals surface area contributed by atoms with E-state index in [1.807, 2.05) is 30.3 Å². The van der Waals surface area contributed by atoms with E-state index in [2.05, 4.69) is 173 Å². The second-order valence-electron chi connectivity index (χ2n) is 14.5. The summed E-state index contributed by atoms with van der Waals surface area (Å²) in [5.41, 5.74) is 12.8. The summed E-state index contributed by atoms with van der Waals surface area (Å²) in [6.07, 6.45) is 0. The van der Waals surface area contributed by atoms with Crippen LogP contribution in [-0.2, 0) is 0 Å². The molecule has 0 bridgehead atoms. The lowest BCUT2D eigenvalue weighted by molar-refractivity contribution is 0.677. The molecule has 12 rings (SSSR count). The molecule has 0 spiro atoms. The van der Waals surface area contributed by atoms with Crippen LogP contribution in [-0.4, -0.2) is 19.1 Å². The largest absolute Gasteiger partial charge is 0.455 e. The molecule has 0 amide bonds. The number of rotatable bonds is 5. The number of aromatic nitrogens is 4. The number of hydrogen-bond acceptors (Lipinski definition) is 3. The molecule has 0 N–H and O–H groups in total. The summed E-state index contributed by atoms with van der Waals surface area (Å²) in [5, 5.41) is 6.62. The molecule has 0 aliphatic rings. The number of para-hydroxylation sites is 3. The maximum absolute atomic E-state index is 7.24. The van der Waals surface area contributed by atoms with Crippen LogP contribution in [0.5, 0.6) is 0 Å². The fraction of sp³-hybridized carbons (Fsp3) is 0. The van der Waals surface area contributed by atoms with Crippen molar-refractivity contribution in [2.75, 3.05) is 0 Å². The second-order valence-corrected chi connectivity index (χ2v) is 14.5. The first-order chi connectivity index (χ1) is 28.3. The molecule has 0 radical (unpaired) electrons. The molecule has 57 heavy (non-hydrogen) atoms. The highest BCUT2D eigenvalue weighted by Gasteiger charge is 2.26. The van der Waals surface area contributed by atoms with Gasteiger partial charge in [-0.1, -0.05) is 146 Å². The third-order valence-electron chi connectivity index (χ3n) is 11.3. The summed E-state index contributed by atoms with van der Waals surface area (Å²) >= 11 is 0. The van der Waals surface area contributed by atoms with E-state index < -0.39 is 0 Å². The van der Waals surface area contributed by atoms with Crippen molar-refractivity contribution in [2.45, 2.75) is 0 Å². The maximum Gasteiger partial charge on any atom is 0.160 e. The lowest BCUT2D eigenvalue weighted by atomic mass is 10.0. The Kier molecular flexibility index (Phi) is 6.86. The fourth-order valence-electron chi connectivity index (χ4n) is 8.87. The Morgan fingerprint density at radius 1 is 0.333 bits per heavy atom. The number of hydrogen-bond donors (Lipinski definition) is 0. The van der Waals surface area contributed by atoms with Crippen molar-refractivity contribution in [2.24, 2.45) is 0 Å². The lowest BCUT2D eigenvalue weighted by Crippen LogP contribution is -2.06. The summed E-state index contributed by atoms with van der Waals surface area (Å²) in [5.74, 6) is 0.677. The van der Waals surface area contributed by atoms with E-state index in [0.29, 0.717) is 5.82 Å². The van der Waals surface area contributed by atoms with Crippen LogP contribution in [0.2, 0.25) is 0 Å². The Labute approximate surface area is 327 Å². The minimum absolute atomic E-state index is 0.677. The van der Waals surface area contributed by atoms with Crippen LogP contribution in [0.15, 0.2) is 199 Å². The molecule has 8 aromatic carbocycles. The first-order valence-corrected chi connectivity index (χ1v) is 19.3. The van der Waals surface area contributed by atoms with Gasteiger partial charge in [0.1, 0.15) is 11.2 Å². The molecule has 0 saturated heterocycles. The molecular weight excluding hydrogens is 697 g/mol. The van der Waals surface area contributed by atoms with E-state index in [-0.39, 0.29) is 0 Å². The topological polar surface area (TPSA) is 48.8 Å². The van der Waals surface area contributed by atoms with Gasteiger partial charge in [-0.2, -0.15) is 0 Å². The van der Waals surface area contributed by atoms with E-state index in [0.717, 1.165) is 105 Å². The predicted octanol–water partition coefficient (Wildman–Crippen LogP) is 13.6. The molecule has 0 atom stereocenters. The minimum Gasteiger partial charge on any atom is -0.455 e. The second kappa shape index (κ2) is 12.4. The monoisotopic (exact) mass is 728 g/mol. The molecular formula is C52H32N4O. The third-order valence-corrected chi connectivity index (χ3v) is 11.3. The van der Waals surface area contributed by atoms with Crippen molar-refractivity contribution >= 4 is 65.6 Å². The van der Waals surface area contributed by atoms with Crippen LogP contribution in [0, 0.1) is 0 Å². The first-order valence-electron chi connectivity index (χ1n) is 19.3. The van der Waals surface area contributed by atoms with Crippen molar-refractivity contribution < 1.29 is 4.42 Å². The first kappa shape index (κ1) is 31.6. The van der Waals surface area contributed by atoms with Crippen molar-refractivity contribution in [1.82, 2.24) is 19.1 Å². The summed E-state index contributed by atoms with van der Waals surface area (Å²) in [6, 6.07) is 68.0. The van der Waals surface area contributed by atoms with Gasteiger partial charge in [0.2, 0.25) is 0 Å². The van der Waals surface area contributed by atoms with Gasteiger partial charge in [-0.3, -0.25) is 0 Å². The Bertz CT molecular complexity index is 3430. The smallest absolute Gasteiger partial charge is 0.160 e.